The number of hydrogen-bond acceptors (Lipinski definition) is 4. The van der Waals surface area contributed by atoms with E-state index in [-0.39, 0.29) is 6.61 Å². The molecule has 0 fully saturated rings. The minimum absolute atomic E-state index is 0.197. The lowest BCUT2D eigenvalue weighted by atomic mass is 10.1. The maximum absolute atomic E-state index is 8.84. The van der Waals surface area contributed by atoms with Crippen molar-refractivity contribution < 1.29 is 5.11 Å². The smallest absolute Gasteiger partial charge is 0.0999 e. The van der Waals surface area contributed by atoms with Gasteiger partial charge < -0.3 is 5.11 Å². The fourth-order valence-electron chi connectivity index (χ4n) is 1.72. The van der Waals surface area contributed by atoms with E-state index in [9.17, 15) is 0 Å². The third-order valence-corrected chi connectivity index (χ3v) is 2.61. The highest BCUT2D eigenvalue weighted by atomic mass is 16.3. The average molecular weight is 222 g/mol. The lowest BCUT2D eigenvalue weighted by Gasteiger charge is -2.11. The first-order valence-electron chi connectivity index (χ1n) is 5.61. The summed E-state index contributed by atoms with van der Waals surface area (Å²) in [4.78, 5) is 0. The molecule has 1 heterocycles. The van der Waals surface area contributed by atoms with Crippen LogP contribution in [0.3, 0.4) is 0 Å². The molecule has 0 bridgehead atoms. The Balaban J connectivity index is 2.76. The Labute approximate surface area is 95.7 Å². The van der Waals surface area contributed by atoms with E-state index in [4.69, 9.17) is 10.4 Å². The summed E-state index contributed by atoms with van der Waals surface area (Å²) in [6.45, 7) is 5.05. The number of nitrogens with zero attached hydrogens (tertiary/aromatic N) is 4. The fraction of sp³-hybridized carbons (Fsp3) is 0.727. The van der Waals surface area contributed by atoms with Crippen LogP contribution in [-0.4, -0.2) is 26.7 Å². The molecular weight excluding hydrogens is 204 g/mol. The summed E-state index contributed by atoms with van der Waals surface area (Å²) >= 11 is 0. The highest BCUT2D eigenvalue weighted by Gasteiger charge is 2.12. The van der Waals surface area contributed by atoms with E-state index in [0.717, 1.165) is 30.8 Å². The van der Waals surface area contributed by atoms with Crippen LogP contribution in [-0.2, 0) is 19.4 Å². The number of aromatic nitrogens is 3. The summed E-state index contributed by atoms with van der Waals surface area (Å²) < 4.78 is 1.85. The fourth-order valence-corrected chi connectivity index (χ4v) is 1.72. The molecule has 1 atom stereocenters. The highest BCUT2D eigenvalue weighted by molar-refractivity contribution is 5.14. The first kappa shape index (κ1) is 12.7. The van der Waals surface area contributed by atoms with Gasteiger partial charge in [0.25, 0.3) is 0 Å². The van der Waals surface area contributed by atoms with E-state index in [1.54, 1.807) is 0 Å². The number of nitriles is 1. The van der Waals surface area contributed by atoms with Crippen LogP contribution in [0.5, 0.6) is 0 Å². The molecule has 0 aliphatic rings. The maximum atomic E-state index is 8.84. The van der Waals surface area contributed by atoms with Gasteiger partial charge in [0.15, 0.2) is 0 Å². The minimum Gasteiger partial charge on any atom is -0.396 e. The molecule has 1 aromatic heterocycles. The van der Waals surface area contributed by atoms with Crippen LogP contribution in [0, 0.1) is 17.2 Å². The maximum Gasteiger partial charge on any atom is 0.0999 e. The molecule has 1 rings (SSSR count). The van der Waals surface area contributed by atoms with Gasteiger partial charge in [-0.3, -0.25) is 0 Å². The summed E-state index contributed by atoms with van der Waals surface area (Å²) in [5, 5.41) is 25.6. The van der Waals surface area contributed by atoms with Crippen molar-refractivity contribution in [1.82, 2.24) is 15.0 Å². The van der Waals surface area contributed by atoms with Crippen LogP contribution in [0.1, 0.15) is 31.7 Å². The quantitative estimate of drug-likeness (QED) is 0.776. The normalized spacial score (nSPS) is 12.4. The van der Waals surface area contributed by atoms with Crippen LogP contribution in [0.2, 0.25) is 0 Å². The van der Waals surface area contributed by atoms with Crippen LogP contribution >= 0.6 is 0 Å². The van der Waals surface area contributed by atoms with Crippen LogP contribution in [0.25, 0.3) is 0 Å². The van der Waals surface area contributed by atoms with Gasteiger partial charge in [0.05, 0.1) is 23.9 Å². The van der Waals surface area contributed by atoms with Crippen molar-refractivity contribution in [2.75, 3.05) is 6.61 Å². The highest BCUT2D eigenvalue weighted by Crippen LogP contribution is 2.11. The molecular formula is C11H18N4O. The molecule has 0 saturated carbocycles. The van der Waals surface area contributed by atoms with E-state index in [1.807, 2.05) is 11.6 Å². The molecule has 16 heavy (non-hydrogen) atoms. The van der Waals surface area contributed by atoms with Crippen molar-refractivity contribution in [3.05, 3.63) is 11.4 Å². The molecule has 0 spiro atoms. The zero-order valence-corrected chi connectivity index (χ0v) is 9.85. The summed E-state index contributed by atoms with van der Waals surface area (Å²) in [5.41, 5.74) is 1.81. The van der Waals surface area contributed by atoms with Gasteiger partial charge >= 0.3 is 0 Å². The van der Waals surface area contributed by atoms with Crippen LogP contribution < -0.4 is 0 Å². The van der Waals surface area contributed by atoms with E-state index >= 15 is 0 Å². The van der Waals surface area contributed by atoms with Crippen molar-refractivity contribution in [1.29, 1.82) is 5.26 Å². The van der Waals surface area contributed by atoms with Crippen LogP contribution in [0.15, 0.2) is 0 Å². The van der Waals surface area contributed by atoms with Gasteiger partial charge in [0, 0.05) is 13.2 Å². The molecule has 0 amide bonds. The zero-order valence-electron chi connectivity index (χ0n) is 9.85. The van der Waals surface area contributed by atoms with Gasteiger partial charge in [0.1, 0.15) is 0 Å². The first-order valence-corrected chi connectivity index (χ1v) is 5.61. The number of hydrogen-bond donors (Lipinski definition) is 1. The monoisotopic (exact) mass is 222 g/mol. The molecule has 0 radical (unpaired) electrons. The number of rotatable bonds is 6. The molecule has 88 valence electrons. The topological polar surface area (TPSA) is 74.7 Å². The third-order valence-electron chi connectivity index (χ3n) is 2.61. The second-order valence-corrected chi connectivity index (χ2v) is 3.97. The van der Waals surface area contributed by atoms with Gasteiger partial charge in [-0.15, -0.1) is 5.10 Å². The second kappa shape index (κ2) is 6.23. The van der Waals surface area contributed by atoms with Gasteiger partial charge in [0.2, 0.25) is 0 Å². The Kier molecular flexibility index (Phi) is 4.93. The molecule has 0 saturated heterocycles. The summed E-state index contributed by atoms with van der Waals surface area (Å²) in [7, 11) is 0. The van der Waals surface area contributed by atoms with Crippen molar-refractivity contribution >= 4 is 0 Å². The van der Waals surface area contributed by atoms with Crippen molar-refractivity contribution in [2.24, 2.45) is 5.92 Å². The summed E-state index contributed by atoms with van der Waals surface area (Å²) in [6, 6.07) is 2.09. The SMILES string of the molecule is CCc1c(CC#N)nnn1CC(C)CCO. The number of aliphatic hydroxyl groups is 1. The molecule has 5 nitrogen and oxygen atoms in total. The molecule has 0 aliphatic carbocycles. The summed E-state index contributed by atoms with van der Waals surface area (Å²) in [5.74, 6) is 0.368. The van der Waals surface area contributed by atoms with E-state index in [0.29, 0.717) is 12.3 Å². The average Bonchev–Trinajstić information content (AvgIpc) is 2.61. The van der Waals surface area contributed by atoms with Crippen molar-refractivity contribution in [3.8, 4) is 6.07 Å². The Morgan fingerprint density at radius 1 is 1.56 bits per heavy atom. The Morgan fingerprint density at radius 3 is 2.88 bits per heavy atom. The van der Waals surface area contributed by atoms with Crippen molar-refractivity contribution in [3.63, 3.8) is 0 Å². The number of aliphatic hydroxyl groups excluding tert-OH is 1. The molecule has 0 aromatic carbocycles. The van der Waals surface area contributed by atoms with E-state index < -0.39 is 0 Å². The first-order chi connectivity index (χ1) is 7.72. The predicted molar refractivity (Wildman–Crippen MR) is 59.6 cm³/mol. The lowest BCUT2D eigenvalue weighted by molar-refractivity contribution is 0.250. The molecule has 1 unspecified atom stereocenters. The van der Waals surface area contributed by atoms with Crippen LogP contribution in [0.4, 0.5) is 0 Å². The van der Waals surface area contributed by atoms with Gasteiger partial charge in [-0.05, 0) is 18.8 Å². The van der Waals surface area contributed by atoms with E-state index in [1.165, 1.54) is 0 Å². The molecule has 1 N–H and O–H groups in total. The van der Waals surface area contributed by atoms with Crippen molar-refractivity contribution in [2.45, 2.75) is 39.7 Å². The Hall–Kier alpha value is -1.41. The lowest BCUT2D eigenvalue weighted by Crippen LogP contribution is -2.13. The van der Waals surface area contributed by atoms with Gasteiger partial charge in [-0.25, -0.2) is 4.68 Å². The second-order valence-electron chi connectivity index (χ2n) is 3.97. The van der Waals surface area contributed by atoms with Gasteiger partial charge in [-0.2, -0.15) is 5.26 Å². The van der Waals surface area contributed by atoms with E-state index in [2.05, 4.69) is 23.3 Å². The molecule has 1 aromatic rings. The standard InChI is InChI=1S/C11H18N4O/c1-3-11-10(4-6-12)13-14-15(11)8-9(2)5-7-16/h9,16H,3-5,7-8H2,1-2H3. The summed E-state index contributed by atoms with van der Waals surface area (Å²) in [6.07, 6.45) is 1.91. The third kappa shape index (κ3) is 3.04. The Bertz CT molecular complexity index is 367. The minimum atomic E-state index is 0.197. The molecule has 0 aliphatic heterocycles. The zero-order chi connectivity index (χ0) is 12.0. The van der Waals surface area contributed by atoms with Gasteiger partial charge in [-0.1, -0.05) is 19.1 Å². The Morgan fingerprint density at radius 2 is 2.31 bits per heavy atom. The molecule has 5 heteroatoms. The predicted octanol–water partition coefficient (Wildman–Crippen LogP) is 0.925. The largest absolute Gasteiger partial charge is 0.396 e.